The van der Waals surface area contributed by atoms with Crippen molar-refractivity contribution < 1.29 is 13.2 Å². The van der Waals surface area contributed by atoms with E-state index < -0.39 is 10.0 Å². The van der Waals surface area contributed by atoms with E-state index in [1.165, 1.54) is 30.0 Å². The van der Waals surface area contributed by atoms with E-state index in [9.17, 15) is 8.42 Å². The van der Waals surface area contributed by atoms with Crippen molar-refractivity contribution in [3.05, 3.63) is 18.2 Å². The molecule has 0 bridgehead atoms. The van der Waals surface area contributed by atoms with Gasteiger partial charge in [-0.2, -0.15) is 4.31 Å². The van der Waals surface area contributed by atoms with Gasteiger partial charge in [0.25, 0.3) is 0 Å². The molecule has 0 radical (unpaired) electrons. The molecule has 0 spiro atoms. The first-order valence-electron chi connectivity index (χ1n) is 7.27. The lowest BCUT2D eigenvalue weighted by molar-refractivity contribution is 0.239. The summed E-state index contributed by atoms with van der Waals surface area (Å²) in [5.74, 6) is 0.962. The Morgan fingerprint density at radius 2 is 2.05 bits per heavy atom. The lowest BCUT2D eigenvalue weighted by Gasteiger charge is -2.33. The van der Waals surface area contributed by atoms with E-state index in [1.54, 1.807) is 13.1 Å². The van der Waals surface area contributed by atoms with E-state index in [2.05, 4.69) is 6.92 Å². The summed E-state index contributed by atoms with van der Waals surface area (Å²) in [6.45, 7) is 2.18. The Morgan fingerprint density at radius 1 is 1.33 bits per heavy atom. The van der Waals surface area contributed by atoms with Gasteiger partial charge in [-0.25, -0.2) is 8.42 Å². The molecule has 2 unspecified atom stereocenters. The van der Waals surface area contributed by atoms with Crippen LogP contribution in [0.25, 0.3) is 0 Å². The zero-order valence-corrected chi connectivity index (χ0v) is 13.7. The van der Waals surface area contributed by atoms with Crippen LogP contribution in [0.4, 0.5) is 5.69 Å². The summed E-state index contributed by atoms with van der Waals surface area (Å²) < 4.78 is 32.1. The number of ether oxygens (including phenoxy) is 1. The first kappa shape index (κ1) is 16.1. The van der Waals surface area contributed by atoms with Crippen LogP contribution in [-0.4, -0.2) is 32.9 Å². The maximum atomic E-state index is 12.7. The fraction of sp³-hybridized carbons (Fsp3) is 0.600. The molecule has 1 fully saturated rings. The Kier molecular flexibility index (Phi) is 4.78. The highest BCUT2D eigenvalue weighted by Gasteiger charge is 2.31. The summed E-state index contributed by atoms with van der Waals surface area (Å²) >= 11 is 0. The minimum atomic E-state index is -3.51. The molecule has 1 aliphatic rings. The minimum Gasteiger partial charge on any atom is -0.495 e. The molecule has 0 aliphatic heterocycles. The number of nitrogens with zero attached hydrogens (tertiary/aromatic N) is 1. The first-order valence-corrected chi connectivity index (χ1v) is 8.71. The maximum absolute atomic E-state index is 12.7. The molecule has 1 aromatic rings. The van der Waals surface area contributed by atoms with Crippen molar-refractivity contribution in [2.24, 2.45) is 5.92 Å². The van der Waals surface area contributed by atoms with Gasteiger partial charge < -0.3 is 10.5 Å². The number of nitrogens with two attached hydrogens (primary N) is 1. The standard InChI is InChI=1S/C15H24N2O3S/c1-11-5-4-6-12(9-11)17(2)21(18,19)13-7-8-14(16)15(10-13)20-3/h7-8,10-12H,4-6,9,16H2,1-3H3. The second-order valence-electron chi connectivity index (χ2n) is 5.85. The van der Waals surface area contributed by atoms with E-state index in [0.717, 1.165) is 19.3 Å². The number of rotatable bonds is 4. The zero-order chi connectivity index (χ0) is 15.6. The third-order valence-corrected chi connectivity index (χ3v) is 6.21. The molecular weight excluding hydrogens is 288 g/mol. The van der Waals surface area contributed by atoms with Crippen LogP contribution in [-0.2, 0) is 10.0 Å². The van der Waals surface area contributed by atoms with Crippen molar-refractivity contribution >= 4 is 15.7 Å². The average Bonchev–Trinajstić information content (AvgIpc) is 2.46. The second-order valence-corrected chi connectivity index (χ2v) is 7.85. The number of sulfonamides is 1. The summed E-state index contributed by atoms with van der Waals surface area (Å²) in [6, 6.07) is 4.68. The minimum absolute atomic E-state index is 0.0716. The van der Waals surface area contributed by atoms with Crippen molar-refractivity contribution in [3.63, 3.8) is 0 Å². The smallest absolute Gasteiger partial charge is 0.243 e. The molecule has 2 atom stereocenters. The Hall–Kier alpha value is -1.27. The van der Waals surface area contributed by atoms with Crippen LogP contribution in [0.1, 0.15) is 32.6 Å². The fourth-order valence-corrected chi connectivity index (χ4v) is 4.36. The Morgan fingerprint density at radius 3 is 2.67 bits per heavy atom. The molecule has 1 saturated carbocycles. The number of nitrogen functional groups attached to an aromatic ring is 1. The lowest BCUT2D eigenvalue weighted by atomic mass is 9.87. The Labute approximate surface area is 127 Å². The number of methoxy groups -OCH3 is 1. The largest absolute Gasteiger partial charge is 0.495 e. The Balaban J connectivity index is 2.28. The highest BCUT2D eigenvalue weighted by Crippen LogP contribution is 2.31. The van der Waals surface area contributed by atoms with Gasteiger partial charge in [0.05, 0.1) is 17.7 Å². The molecule has 118 valence electrons. The third kappa shape index (κ3) is 3.32. The third-order valence-electron chi connectivity index (χ3n) is 4.30. The van der Waals surface area contributed by atoms with Crippen LogP contribution in [0.15, 0.2) is 23.1 Å². The molecule has 2 N–H and O–H groups in total. The van der Waals surface area contributed by atoms with Crippen LogP contribution in [0.2, 0.25) is 0 Å². The molecular formula is C15H24N2O3S. The zero-order valence-electron chi connectivity index (χ0n) is 12.9. The van der Waals surface area contributed by atoms with Gasteiger partial charge in [-0.15, -0.1) is 0 Å². The van der Waals surface area contributed by atoms with Crippen molar-refractivity contribution in [2.45, 2.75) is 43.5 Å². The van der Waals surface area contributed by atoms with E-state index in [-0.39, 0.29) is 10.9 Å². The van der Waals surface area contributed by atoms with Gasteiger partial charge in [-0.05, 0) is 30.9 Å². The van der Waals surface area contributed by atoms with Crippen molar-refractivity contribution in [1.82, 2.24) is 4.31 Å². The van der Waals surface area contributed by atoms with Crippen molar-refractivity contribution in [2.75, 3.05) is 19.9 Å². The van der Waals surface area contributed by atoms with Crippen LogP contribution >= 0.6 is 0 Å². The molecule has 2 rings (SSSR count). The predicted molar refractivity (Wildman–Crippen MR) is 83.8 cm³/mol. The maximum Gasteiger partial charge on any atom is 0.243 e. The number of hydrogen-bond donors (Lipinski definition) is 1. The molecule has 0 aromatic heterocycles. The van der Waals surface area contributed by atoms with Gasteiger partial charge in [0, 0.05) is 19.2 Å². The van der Waals surface area contributed by atoms with E-state index in [1.807, 2.05) is 0 Å². The molecule has 1 aromatic carbocycles. The SMILES string of the molecule is COc1cc(S(=O)(=O)N(C)C2CCCC(C)C2)ccc1N. The second kappa shape index (κ2) is 6.23. The van der Waals surface area contributed by atoms with Crippen LogP contribution in [0.5, 0.6) is 5.75 Å². The molecule has 0 amide bonds. The van der Waals surface area contributed by atoms with Gasteiger partial charge in [-0.3, -0.25) is 0 Å². The summed E-state index contributed by atoms with van der Waals surface area (Å²) in [4.78, 5) is 0.231. The normalized spacial score (nSPS) is 23.2. The lowest BCUT2D eigenvalue weighted by Crippen LogP contribution is -2.39. The quantitative estimate of drug-likeness (QED) is 0.867. The van der Waals surface area contributed by atoms with E-state index in [4.69, 9.17) is 10.5 Å². The van der Waals surface area contributed by atoms with Gasteiger partial charge in [0.15, 0.2) is 0 Å². The summed E-state index contributed by atoms with van der Waals surface area (Å²) in [5.41, 5.74) is 6.18. The van der Waals surface area contributed by atoms with Crippen LogP contribution in [0, 0.1) is 5.92 Å². The molecule has 6 heteroatoms. The monoisotopic (exact) mass is 312 g/mol. The predicted octanol–water partition coefficient (Wildman–Crippen LogP) is 2.48. The van der Waals surface area contributed by atoms with E-state index in [0.29, 0.717) is 17.4 Å². The molecule has 1 aliphatic carbocycles. The summed E-state index contributed by atoms with van der Waals surface area (Å²) in [5, 5.41) is 0. The van der Waals surface area contributed by atoms with Crippen molar-refractivity contribution in [3.8, 4) is 5.75 Å². The topological polar surface area (TPSA) is 72.6 Å². The molecule has 0 heterocycles. The molecule has 21 heavy (non-hydrogen) atoms. The first-order chi connectivity index (χ1) is 9.86. The van der Waals surface area contributed by atoms with Gasteiger partial charge in [0.2, 0.25) is 10.0 Å². The van der Waals surface area contributed by atoms with Gasteiger partial charge in [-0.1, -0.05) is 19.8 Å². The molecule has 0 saturated heterocycles. The Bertz CT molecular complexity index is 601. The summed E-state index contributed by atoms with van der Waals surface area (Å²) in [6.07, 6.45) is 4.10. The average molecular weight is 312 g/mol. The molecule has 5 nitrogen and oxygen atoms in total. The highest BCUT2D eigenvalue weighted by atomic mass is 32.2. The number of benzene rings is 1. The van der Waals surface area contributed by atoms with Crippen LogP contribution in [0.3, 0.4) is 0 Å². The number of hydrogen-bond acceptors (Lipinski definition) is 4. The number of anilines is 1. The van der Waals surface area contributed by atoms with Crippen LogP contribution < -0.4 is 10.5 Å². The van der Waals surface area contributed by atoms with Gasteiger partial charge in [0.1, 0.15) is 5.75 Å². The van der Waals surface area contributed by atoms with Gasteiger partial charge >= 0.3 is 0 Å². The summed E-state index contributed by atoms with van der Waals surface area (Å²) in [7, 11) is -0.365. The highest BCUT2D eigenvalue weighted by molar-refractivity contribution is 7.89. The van der Waals surface area contributed by atoms with Crippen molar-refractivity contribution in [1.29, 1.82) is 0 Å². The van der Waals surface area contributed by atoms with E-state index >= 15 is 0 Å². The fourth-order valence-electron chi connectivity index (χ4n) is 2.95.